The van der Waals surface area contributed by atoms with Crippen LogP contribution in [0.4, 0.5) is 0 Å². The van der Waals surface area contributed by atoms with E-state index in [9.17, 15) is 14.7 Å². The minimum Gasteiger partial charge on any atom is -0.550 e. The quantitative estimate of drug-likeness (QED) is 0.823. The molecule has 2 aromatic rings. The van der Waals surface area contributed by atoms with Gasteiger partial charge in [0.15, 0.2) is 0 Å². The van der Waals surface area contributed by atoms with Crippen molar-refractivity contribution in [3.8, 4) is 5.75 Å². The minimum absolute atomic E-state index is 0.0365. The number of carboxylic acid groups (broad SMARTS) is 1. The van der Waals surface area contributed by atoms with Gasteiger partial charge < -0.3 is 20.0 Å². The number of nitrogens with one attached hydrogen (secondary N) is 1. The molecule has 6 heteroatoms. The van der Waals surface area contributed by atoms with Crippen LogP contribution in [0.25, 0.3) is 0 Å². The summed E-state index contributed by atoms with van der Waals surface area (Å²) in [5.74, 6) is -0.954. The van der Waals surface area contributed by atoms with Crippen LogP contribution in [-0.2, 0) is 4.79 Å². The van der Waals surface area contributed by atoms with Crippen LogP contribution >= 0.6 is 11.6 Å². The van der Waals surface area contributed by atoms with Gasteiger partial charge in [-0.05, 0) is 55.8 Å². The van der Waals surface area contributed by atoms with E-state index in [0.717, 1.165) is 0 Å². The van der Waals surface area contributed by atoms with E-state index >= 15 is 0 Å². The van der Waals surface area contributed by atoms with Crippen molar-refractivity contribution in [2.45, 2.75) is 32.4 Å². The van der Waals surface area contributed by atoms with E-state index in [-0.39, 0.29) is 18.4 Å². The number of carboxylic acids is 1. The molecule has 132 valence electrons. The molecule has 0 aromatic heterocycles. The second-order valence-corrected chi connectivity index (χ2v) is 6.28. The summed E-state index contributed by atoms with van der Waals surface area (Å²) in [6.07, 6.45) is -0.293. The number of carbonyl (C=O) groups excluding carboxylic acids is 2. The Hall–Kier alpha value is -2.53. The number of halogens is 1. The van der Waals surface area contributed by atoms with Crippen molar-refractivity contribution in [1.82, 2.24) is 5.32 Å². The Bertz CT molecular complexity index is 726. The Morgan fingerprint density at radius 1 is 1.08 bits per heavy atom. The largest absolute Gasteiger partial charge is 0.550 e. The molecule has 0 radical (unpaired) electrons. The summed E-state index contributed by atoms with van der Waals surface area (Å²) < 4.78 is 5.56. The third kappa shape index (κ3) is 5.80. The Balaban J connectivity index is 2.16. The first-order valence-corrected chi connectivity index (χ1v) is 8.26. The zero-order valence-electron chi connectivity index (χ0n) is 14.0. The van der Waals surface area contributed by atoms with Crippen LogP contribution < -0.4 is 15.2 Å². The fourth-order valence-corrected chi connectivity index (χ4v) is 2.44. The maximum absolute atomic E-state index is 12.3. The first-order valence-electron chi connectivity index (χ1n) is 7.88. The fourth-order valence-electron chi connectivity index (χ4n) is 2.31. The van der Waals surface area contributed by atoms with E-state index in [0.29, 0.717) is 21.9 Å². The van der Waals surface area contributed by atoms with Crippen molar-refractivity contribution in [3.05, 3.63) is 64.7 Å². The van der Waals surface area contributed by atoms with Gasteiger partial charge >= 0.3 is 0 Å². The summed E-state index contributed by atoms with van der Waals surface area (Å²) in [6, 6.07) is 12.6. The number of rotatable bonds is 7. The lowest BCUT2D eigenvalue weighted by molar-refractivity contribution is -0.306. The number of hydrogen-bond donors (Lipinski definition) is 1. The van der Waals surface area contributed by atoms with Crippen LogP contribution in [0.2, 0.25) is 5.02 Å². The van der Waals surface area contributed by atoms with Crippen LogP contribution in [0.5, 0.6) is 5.75 Å². The Morgan fingerprint density at radius 2 is 1.68 bits per heavy atom. The molecule has 25 heavy (non-hydrogen) atoms. The Kier molecular flexibility index (Phi) is 6.42. The number of hydrogen-bond acceptors (Lipinski definition) is 4. The molecular formula is C19H19ClNO4-. The SMILES string of the molecule is CC(C)Oc1ccc([C@H](CC(=O)[O-])NC(=O)c2ccc(Cl)cc2)cc1. The van der Waals surface area contributed by atoms with Crippen molar-refractivity contribution in [1.29, 1.82) is 0 Å². The molecule has 0 fully saturated rings. The molecule has 2 rings (SSSR count). The minimum atomic E-state index is -1.25. The summed E-state index contributed by atoms with van der Waals surface area (Å²) in [4.78, 5) is 23.4. The highest BCUT2D eigenvalue weighted by molar-refractivity contribution is 6.30. The van der Waals surface area contributed by atoms with E-state index in [1.807, 2.05) is 13.8 Å². The topological polar surface area (TPSA) is 78.5 Å². The van der Waals surface area contributed by atoms with Gasteiger partial charge in [-0.2, -0.15) is 0 Å². The van der Waals surface area contributed by atoms with E-state index < -0.39 is 12.0 Å². The van der Waals surface area contributed by atoms with Gasteiger partial charge in [-0.3, -0.25) is 4.79 Å². The molecule has 0 bridgehead atoms. The number of amides is 1. The molecule has 0 heterocycles. The lowest BCUT2D eigenvalue weighted by Gasteiger charge is -2.20. The second-order valence-electron chi connectivity index (χ2n) is 5.84. The lowest BCUT2D eigenvalue weighted by atomic mass is 10.0. The summed E-state index contributed by atoms with van der Waals surface area (Å²) in [5.41, 5.74) is 1.05. The van der Waals surface area contributed by atoms with Gasteiger partial charge in [0.05, 0.1) is 12.1 Å². The molecule has 1 amide bonds. The van der Waals surface area contributed by atoms with Crippen LogP contribution in [0, 0.1) is 0 Å². The first kappa shape index (κ1) is 18.8. The molecule has 0 spiro atoms. The molecule has 5 nitrogen and oxygen atoms in total. The number of benzene rings is 2. The summed E-state index contributed by atoms with van der Waals surface area (Å²) >= 11 is 5.81. The predicted octanol–water partition coefficient (Wildman–Crippen LogP) is 2.74. The van der Waals surface area contributed by atoms with Crippen molar-refractivity contribution in [2.75, 3.05) is 0 Å². The number of aliphatic carboxylic acids is 1. The van der Waals surface area contributed by atoms with E-state index in [1.165, 1.54) is 0 Å². The van der Waals surface area contributed by atoms with Crippen molar-refractivity contribution < 1.29 is 19.4 Å². The molecule has 0 aliphatic carbocycles. The summed E-state index contributed by atoms with van der Waals surface area (Å²) in [7, 11) is 0. The zero-order valence-corrected chi connectivity index (χ0v) is 14.7. The molecule has 1 atom stereocenters. The zero-order chi connectivity index (χ0) is 18.4. The first-order chi connectivity index (χ1) is 11.8. The fraction of sp³-hybridized carbons (Fsp3) is 0.263. The van der Waals surface area contributed by atoms with Crippen LogP contribution in [0.15, 0.2) is 48.5 Å². The molecule has 0 aliphatic rings. The van der Waals surface area contributed by atoms with E-state index in [2.05, 4.69) is 5.32 Å². The maximum Gasteiger partial charge on any atom is 0.251 e. The average molecular weight is 361 g/mol. The highest BCUT2D eigenvalue weighted by Crippen LogP contribution is 2.22. The van der Waals surface area contributed by atoms with Gasteiger partial charge in [0, 0.05) is 23.0 Å². The van der Waals surface area contributed by atoms with Gasteiger partial charge in [-0.25, -0.2) is 0 Å². The van der Waals surface area contributed by atoms with Gasteiger partial charge in [0.25, 0.3) is 5.91 Å². The summed E-state index contributed by atoms with van der Waals surface area (Å²) in [6.45, 7) is 3.83. The molecule has 0 saturated carbocycles. The molecule has 1 N–H and O–H groups in total. The van der Waals surface area contributed by atoms with Crippen molar-refractivity contribution in [3.63, 3.8) is 0 Å². The van der Waals surface area contributed by atoms with Gasteiger partial charge in [-0.15, -0.1) is 0 Å². The Labute approximate surface area is 151 Å². The van der Waals surface area contributed by atoms with Gasteiger partial charge in [0.1, 0.15) is 5.75 Å². The molecular weight excluding hydrogens is 342 g/mol. The van der Waals surface area contributed by atoms with Gasteiger partial charge in [-0.1, -0.05) is 23.7 Å². The molecule has 2 aromatic carbocycles. The standard InChI is InChI=1S/C19H20ClNO4/c1-12(2)25-16-9-5-13(6-10-16)17(11-18(22)23)21-19(24)14-3-7-15(20)8-4-14/h3-10,12,17H,11H2,1-2H3,(H,21,24)(H,22,23)/p-1/t17-/m0/s1. The maximum atomic E-state index is 12.3. The van der Waals surface area contributed by atoms with Crippen LogP contribution in [0.1, 0.15) is 42.2 Å². The van der Waals surface area contributed by atoms with Crippen molar-refractivity contribution >= 4 is 23.5 Å². The second kappa shape index (κ2) is 8.53. The molecule has 0 saturated heterocycles. The Morgan fingerprint density at radius 3 is 2.20 bits per heavy atom. The third-order valence-corrected chi connectivity index (χ3v) is 3.69. The van der Waals surface area contributed by atoms with Crippen molar-refractivity contribution in [2.24, 2.45) is 0 Å². The molecule has 0 aliphatic heterocycles. The number of carbonyl (C=O) groups is 2. The van der Waals surface area contributed by atoms with E-state index in [1.54, 1.807) is 48.5 Å². The number of ether oxygens (including phenoxy) is 1. The normalized spacial score (nSPS) is 11.8. The summed E-state index contributed by atoms with van der Waals surface area (Å²) in [5, 5.41) is 14.3. The van der Waals surface area contributed by atoms with E-state index in [4.69, 9.17) is 16.3 Å². The molecule has 0 unspecified atom stereocenters. The third-order valence-electron chi connectivity index (χ3n) is 3.44. The highest BCUT2D eigenvalue weighted by atomic mass is 35.5. The van der Waals surface area contributed by atoms with Crippen LogP contribution in [0.3, 0.4) is 0 Å². The van der Waals surface area contributed by atoms with Gasteiger partial charge in [0.2, 0.25) is 0 Å². The predicted molar refractivity (Wildman–Crippen MR) is 93.5 cm³/mol. The highest BCUT2D eigenvalue weighted by Gasteiger charge is 2.16. The van der Waals surface area contributed by atoms with Crippen LogP contribution in [-0.4, -0.2) is 18.0 Å². The monoisotopic (exact) mass is 360 g/mol. The smallest absolute Gasteiger partial charge is 0.251 e. The average Bonchev–Trinajstić information content (AvgIpc) is 2.54. The lowest BCUT2D eigenvalue weighted by Crippen LogP contribution is -2.34.